The van der Waals surface area contributed by atoms with Crippen molar-refractivity contribution in [3.63, 3.8) is 0 Å². The van der Waals surface area contributed by atoms with Crippen molar-refractivity contribution < 1.29 is 14.3 Å². The van der Waals surface area contributed by atoms with E-state index in [2.05, 4.69) is 20.4 Å². The lowest BCUT2D eigenvalue weighted by Gasteiger charge is -2.46. The summed E-state index contributed by atoms with van der Waals surface area (Å²) < 4.78 is 12.0. The lowest BCUT2D eigenvalue weighted by molar-refractivity contribution is -0.325. The van der Waals surface area contributed by atoms with Crippen molar-refractivity contribution in [2.24, 2.45) is 17.8 Å². The Bertz CT molecular complexity index is 311. The molecule has 19 heavy (non-hydrogen) atoms. The first-order valence-electron chi connectivity index (χ1n) is 7.24. The van der Waals surface area contributed by atoms with Crippen LogP contribution >= 0.6 is 0 Å². The summed E-state index contributed by atoms with van der Waals surface area (Å²) >= 11 is 0. The summed E-state index contributed by atoms with van der Waals surface area (Å²) in [5.41, 5.74) is 0. The van der Waals surface area contributed by atoms with Gasteiger partial charge in [-0.05, 0) is 32.6 Å². The number of carbonyl (C=O) groups excluding carboxylic acids is 1. The molecule has 1 fully saturated rings. The van der Waals surface area contributed by atoms with Gasteiger partial charge < -0.3 is 14.3 Å². The molecule has 0 bridgehead atoms. The fourth-order valence-corrected chi connectivity index (χ4v) is 2.68. The van der Waals surface area contributed by atoms with Gasteiger partial charge in [0.15, 0.2) is 5.79 Å². The van der Waals surface area contributed by atoms with E-state index in [9.17, 15) is 4.79 Å². The lowest BCUT2D eigenvalue weighted by Crippen LogP contribution is -2.52. The van der Waals surface area contributed by atoms with Gasteiger partial charge in [-0.15, -0.1) is 6.58 Å². The number of rotatable bonds is 6. The zero-order valence-corrected chi connectivity index (χ0v) is 12.9. The molecule has 0 saturated carbocycles. The van der Waals surface area contributed by atoms with Crippen molar-refractivity contribution in [2.45, 2.75) is 65.5 Å². The summed E-state index contributed by atoms with van der Waals surface area (Å²) in [6, 6.07) is 0. The third-order valence-corrected chi connectivity index (χ3v) is 4.00. The average Bonchev–Trinajstić information content (AvgIpc) is 2.37. The summed E-state index contributed by atoms with van der Waals surface area (Å²) in [7, 11) is 0. The van der Waals surface area contributed by atoms with Crippen molar-refractivity contribution in [1.29, 1.82) is 0 Å². The highest BCUT2D eigenvalue weighted by atomic mass is 16.7. The van der Waals surface area contributed by atoms with E-state index in [1.807, 2.05) is 26.8 Å². The number of aldehydes is 1. The summed E-state index contributed by atoms with van der Waals surface area (Å²) in [5, 5.41) is 0. The number of ether oxygens (including phenoxy) is 2. The SMILES string of the molecule is C=C[C@@H](C)CC[C@H]1OC(C)(C)O[C@H]([C@H](C)C=O)[C@H]1C. The van der Waals surface area contributed by atoms with Gasteiger partial charge in [0.25, 0.3) is 0 Å². The first-order valence-corrected chi connectivity index (χ1v) is 7.24. The smallest absolute Gasteiger partial charge is 0.163 e. The third-order valence-electron chi connectivity index (χ3n) is 4.00. The minimum absolute atomic E-state index is 0.0645. The Morgan fingerprint density at radius 3 is 2.47 bits per heavy atom. The molecule has 1 aliphatic rings. The van der Waals surface area contributed by atoms with E-state index in [1.165, 1.54) is 0 Å². The summed E-state index contributed by atoms with van der Waals surface area (Å²) in [4.78, 5) is 11.0. The minimum atomic E-state index is -0.615. The predicted molar refractivity (Wildman–Crippen MR) is 76.8 cm³/mol. The molecule has 0 unspecified atom stereocenters. The molecule has 1 rings (SSSR count). The Morgan fingerprint density at radius 1 is 1.32 bits per heavy atom. The van der Waals surface area contributed by atoms with Crippen LogP contribution in [-0.4, -0.2) is 24.3 Å². The van der Waals surface area contributed by atoms with Crippen LogP contribution in [-0.2, 0) is 14.3 Å². The Balaban J connectivity index is 2.73. The highest BCUT2D eigenvalue weighted by Crippen LogP contribution is 2.36. The van der Waals surface area contributed by atoms with Gasteiger partial charge in [-0.1, -0.05) is 26.8 Å². The average molecular weight is 268 g/mol. The summed E-state index contributed by atoms with van der Waals surface area (Å²) in [6.45, 7) is 13.9. The molecule has 0 aliphatic carbocycles. The maximum absolute atomic E-state index is 11.0. The van der Waals surface area contributed by atoms with Crippen molar-refractivity contribution in [2.75, 3.05) is 0 Å². The first-order chi connectivity index (χ1) is 8.80. The van der Waals surface area contributed by atoms with E-state index in [4.69, 9.17) is 9.47 Å². The molecule has 0 radical (unpaired) electrons. The van der Waals surface area contributed by atoms with Gasteiger partial charge in [-0.3, -0.25) is 0 Å². The quantitative estimate of drug-likeness (QED) is 0.545. The molecule has 5 atom stereocenters. The van der Waals surface area contributed by atoms with Crippen LogP contribution in [0.5, 0.6) is 0 Å². The van der Waals surface area contributed by atoms with Crippen LogP contribution in [0.1, 0.15) is 47.5 Å². The van der Waals surface area contributed by atoms with Gasteiger partial charge in [0.05, 0.1) is 12.2 Å². The van der Waals surface area contributed by atoms with Gasteiger partial charge in [0.2, 0.25) is 0 Å². The molecule has 3 nitrogen and oxygen atoms in total. The molecule has 0 N–H and O–H groups in total. The molecule has 3 heteroatoms. The second kappa shape index (κ2) is 6.67. The molecule has 0 aromatic rings. The minimum Gasteiger partial charge on any atom is -0.347 e. The van der Waals surface area contributed by atoms with Crippen molar-refractivity contribution in [1.82, 2.24) is 0 Å². The van der Waals surface area contributed by atoms with E-state index in [-0.39, 0.29) is 24.0 Å². The molecule has 1 heterocycles. The van der Waals surface area contributed by atoms with E-state index in [0.29, 0.717) is 5.92 Å². The molecule has 1 saturated heterocycles. The van der Waals surface area contributed by atoms with Crippen LogP contribution in [0, 0.1) is 17.8 Å². The standard InChI is InChI=1S/C16H28O3/c1-7-11(2)8-9-14-13(4)15(12(3)10-17)19-16(5,6)18-14/h7,10-15H,1,8-9H2,2-6H3/t11-,12-,13+,14-,15-/m1/s1. The van der Waals surface area contributed by atoms with Gasteiger partial charge >= 0.3 is 0 Å². The molecule has 110 valence electrons. The molecule has 0 aromatic carbocycles. The Morgan fingerprint density at radius 2 is 1.95 bits per heavy atom. The molecule has 1 aliphatic heterocycles. The molecule has 0 amide bonds. The van der Waals surface area contributed by atoms with Crippen LogP contribution in [0.2, 0.25) is 0 Å². The van der Waals surface area contributed by atoms with Gasteiger partial charge in [-0.2, -0.15) is 0 Å². The second-order valence-corrected chi connectivity index (χ2v) is 6.28. The number of carbonyl (C=O) groups is 1. The predicted octanol–water partition coefficient (Wildman–Crippen LogP) is 3.58. The normalized spacial score (nSPS) is 33.4. The molecular weight excluding hydrogens is 240 g/mol. The van der Waals surface area contributed by atoms with Crippen molar-refractivity contribution >= 4 is 6.29 Å². The monoisotopic (exact) mass is 268 g/mol. The van der Waals surface area contributed by atoms with Crippen molar-refractivity contribution in [3.8, 4) is 0 Å². The number of allylic oxidation sites excluding steroid dienone is 1. The zero-order chi connectivity index (χ0) is 14.6. The topological polar surface area (TPSA) is 35.5 Å². The first kappa shape index (κ1) is 16.4. The Hall–Kier alpha value is -0.670. The van der Waals surface area contributed by atoms with Crippen LogP contribution in [0.15, 0.2) is 12.7 Å². The molecule has 0 aromatic heterocycles. The van der Waals surface area contributed by atoms with E-state index < -0.39 is 5.79 Å². The van der Waals surface area contributed by atoms with Gasteiger partial charge in [0.1, 0.15) is 6.29 Å². The zero-order valence-electron chi connectivity index (χ0n) is 12.9. The fraction of sp³-hybridized carbons (Fsp3) is 0.812. The van der Waals surface area contributed by atoms with Crippen molar-refractivity contribution in [3.05, 3.63) is 12.7 Å². The Kier molecular flexibility index (Phi) is 5.75. The van der Waals surface area contributed by atoms with Crippen LogP contribution in [0.3, 0.4) is 0 Å². The third kappa shape index (κ3) is 4.43. The van der Waals surface area contributed by atoms with E-state index in [1.54, 1.807) is 0 Å². The van der Waals surface area contributed by atoms with Gasteiger partial charge in [-0.25, -0.2) is 0 Å². The number of hydrogen-bond donors (Lipinski definition) is 0. The Labute approximate surface area is 117 Å². The van der Waals surface area contributed by atoms with Crippen LogP contribution in [0.4, 0.5) is 0 Å². The fourth-order valence-electron chi connectivity index (χ4n) is 2.68. The van der Waals surface area contributed by atoms with Crippen LogP contribution < -0.4 is 0 Å². The highest BCUT2D eigenvalue weighted by Gasteiger charge is 2.42. The molecular formula is C16H28O3. The summed E-state index contributed by atoms with van der Waals surface area (Å²) in [5.74, 6) is 0.00253. The lowest BCUT2D eigenvalue weighted by atomic mass is 9.85. The maximum atomic E-state index is 11.0. The highest BCUT2D eigenvalue weighted by molar-refractivity contribution is 5.53. The van der Waals surface area contributed by atoms with Crippen LogP contribution in [0.25, 0.3) is 0 Å². The second-order valence-electron chi connectivity index (χ2n) is 6.28. The summed E-state index contributed by atoms with van der Waals surface area (Å²) in [6.07, 6.45) is 5.05. The largest absolute Gasteiger partial charge is 0.347 e. The number of hydrogen-bond acceptors (Lipinski definition) is 3. The van der Waals surface area contributed by atoms with E-state index in [0.717, 1.165) is 19.1 Å². The van der Waals surface area contributed by atoms with Gasteiger partial charge in [0, 0.05) is 11.8 Å². The molecule has 0 spiro atoms. The maximum Gasteiger partial charge on any atom is 0.163 e. The van der Waals surface area contributed by atoms with E-state index >= 15 is 0 Å².